The molecular weight excluding hydrogens is 216 g/mol. The van der Waals surface area contributed by atoms with Crippen molar-refractivity contribution in [1.29, 1.82) is 0 Å². The zero-order chi connectivity index (χ0) is 12.5. The SMILES string of the molecule is CC(C)(C)OC(=O)N1CCC1C1CCNCC1. The molecule has 4 heteroatoms. The quantitative estimate of drug-likeness (QED) is 0.762. The van der Waals surface area contributed by atoms with Crippen LogP contribution in [0.25, 0.3) is 0 Å². The van der Waals surface area contributed by atoms with Gasteiger partial charge in [0.05, 0.1) is 0 Å². The van der Waals surface area contributed by atoms with Crippen LogP contribution in [-0.4, -0.2) is 42.3 Å². The van der Waals surface area contributed by atoms with Crippen LogP contribution in [0.3, 0.4) is 0 Å². The van der Waals surface area contributed by atoms with Crippen molar-refractivity contribution >= 4 is 6.09 Å². The van der Waals surface area contributed by atoms with E-state index in [2.05, 4.69) is 5.32 Å². The van der Waals surface area contributed by atoms with E-state index in [1.165, 1.54) is 12.8 Å². The van der Waals surface area contributed by atoms with Gasteiger partial charge < -0.3 is 15.0 Å². The number of nitrogens with one attached hydrogen (secondary N) is 1. The number of rotatable bonds is 1. The van der Waals surface area contributed by atoms with Crippen molar-refractivity contribution in [3.8, 4) is 0 Å². The maximum absolute atomic E-state index is 12.0. The molecule has 17 heavy (non-hydrogen) atoms. The number of ether oxygens (including phenoxy) is 1. The number of hydrogen-bond donors (Lipinski definition) is 1. The van der Waals surface area contributed by atoms with Gasteiger partial charge in [-0.3, -0.25) is 0 Å². The summed E-state index contributed by atoms with van der Waals surface area (Å²) in [5.41, 5.74) is -0.384. The van der Waals surface area contributed by atoms with Gasteiger partial charge in [0.25, 0.3) is 0 Å². The molecule has 0 aliphatic carbocycles. The summed E-state index contributed by atoms with van der Waals surface area (Å²) >= 11 is 0. The summed E-state index contributed by atoms with van der Waals surface area (Å²) in [7, 11) is 0. The number of amides is 1. The van der Waals surface area contributed by atoms with Crippen LogP contribution in [-0.2, 0) is 4.74 Å². The molecule has 2 heterocycles. The lowest BCUT2D eigenvalue weighted by Gasteiger charge is -2.46. The second-order valence-electron chi connectivity index (χ2n) is 6.12. The number of piperidine rings is 1. The van der Waals surface area contributed by atoms with Gasteiger partial charge in [-0.2, -0.15) is 0 Å². The van der Waals surface area contributed by atoms with Crippen LogP contribution in [0.1, 0.15) is 40.0 Å². The van der Waals surface area contributed by atoms with Crippen LogP contribution < -0.4 is 5.32 Å². The van der Waals surface area contributed by atoms with E-state index in [9.17, 15) is 4.79 Å². The first-order valence-electron chi connectivity index (χ1n) is 6.68. The third-order valence-corrected chi connectivity index (χ3v) is 3.62. The summed E-state index contributed by atoms with van der Waals surface area (Å²) in [6.07, 6.45) is 3.38. The summed E-state index contributed by atoms with van der Waals surface area (Å²) in [5, 5.41) is 3.37. The van der Waals surface area contributed by atoms with Crippen molar-refractivity contribution in [3.63, 3.8) is 0 Å². The molecule has 1 amide bonds. The van der Waals surface area contributed by atoms with Gasteiger partial charge in [-0.15, -0.1) is 0 Å². The van der Waals surface area contributed by atoms with E-state index >= 15 is 0 Å². The van der Waals surface area contributed by atoms with Gasteiger partial charge in [-0.05, 0) is 59.0 Å². The minimum absolute atomic E-state index is 0.132. The van der Waals surface area contributed by atoms with Crippen molar-refractivity contribution in [1.82, 2.24) is 10.2 Å². The minimum atomic E-state index is -0.384. The Labute approximate surface area is 104 Å². The third kappa shape index (κ3) is 3.12. The van der Waals surface area contributed by atoms with Crippen LogP contribution >= 0.6 is 0 Å². The third-order valence-electron chi connectivity index (χ3n) is 3.62. The Hall–Kier alpha value is -0.770. The van der Waals surface area contributed by atoms with E-state index in [1.807, 2.05) is 25.7 Å². The molecule has 0 bridgehead atoms. The molecule has 1 atom stereocenters. The normalized spacial score (nSPS) is 26.5. The molecular formula is C13H24N2O2. The first-order chi connectivity index (χ1) is 7.97. The summed E-state index contributed by atoms with van der Waals surface area (Å²) < 4.78 is 5.43. The summed E-state index contributed by atoms with van der Waals surface area (Å²) in [6, 6.07) is 0.423. The second kappa shape index (κ2) is 4.84. The first-order valence-corrected chi connectivity index (χ1v) is 6.68. The highest BCUT2D eigenvalue weighted by atomic mass is 16.6. The average molecular weight is 240 g/mol. The van der Waals surface area contributed by atoms with Crippen molar-refractivity contribution in [2.24, 2.45) is 5.92 Å². The Morgan fingerprint density at radius 3 is 2.35 bits per heavy atom. The number of likely N-dealkylation sites (tertiary alicyclic amines) is 1. The molecule has 1 N–H and O–H groups in total. The van der Waals surface area contributed by atoms with Gasteiger partial charge in [0.2, 0.25) is 0 Å². The molecule has 0 radical (unpaired) electrons. The molecule has 2 fully saturated rings. The summed E-state index contributed by atoms with van der Waals surface area (Å²) in [5.74, 6) is 0.664. The van der Waals surface area contributed by atoms with Gasteiger partial charge in [0.15, 0.2) is 0 Å². The van der Waals surface area contributed by atoms with Crippen LogP contribution in [0.4, 0.5) is 4.79 Å². The fourth-order valence-electron chi connectivity index (χ4n) is 2.67. The minimum Gasteiger partial charge on any atom is -0.444 e. The smallest absolute Gasteiger partial charge is 0.410 e. The van der Waals surface area contributed by atoms with Gasteiger partial charge in [-0.25, -0.2) is 4.79 Å². The van der Waals surface area contributed by atoms with E-state index in [4.69, 9.17) is 4.74 Å². The molecule has 2 rings (SSSR count). The second-order valence-corrected chi connectivity index (χ2v) is 6.12. The molecule has 98 valence electrons. The van der Waals surface area contributed by atoms with Gasteiger partial charge in [0.1, 0.15) is 5.60 Å². The average Bonchev–Trinajstić information content (AvgIpc) is 2.14. The van der Waals surface area contributed by atoms with E-state index in [0.29, 0.717) is 12.0 Å². The molecule has 2 saturated heterocycles. The predicted octanol–water partition coefficient (Wildman–Crippen LogP) is 2.00. The zero-order valence-corrected chi connectivity index (χ0v) is 11.2. The van der Waals surface area contributed by atoms with Crippen molar-refractivity contribution < 1.29 is 9.53 Å². The molecule has 0 spiro atoms. The molecule has 0 aromatic rings. The predicted molar refractivity (Wildman–Crippen MR) is 66.9 cm³/mol. The number of carbonyl (C=O) groups excluding carboxylic acids is 1. The Bertz CT molecular complexity index is 280. The lowest BCUT2D eigenvalue weighted by atomic mass is 9.83. The number of carbonyl (C=O) groups is 1. The highest BCUT2D eigenvalue weighted by Crippen LogP contribution is 2.31. The van der Waals surface area contributed by atoms with Gasteiger partial charge in [0, 0.05) is 12.6 Å². The van der Waals surface area contributed by atoms with Crippen molar-refractivity contribution in [2.45, 2.75) is 51.7 Å². The maximum Gasteiger partial charge on any atom is 0.410 e. The van der Waals surface area contributed by atoms with E-state index in [-0.39, 0.29) is 11.7 Å². The number of hydrogen-bond acceptors (Lipinski definition) is 3. The lowest BCUT2D eigenvalue weighted by Crippen LogP contribution is -2.57. The summed E-state index contributed by atoms with van der Waals surface area (Å²) in [6.45, 7) is 8.80. The fourth-order valence-corrected chi connectivity index (χ4v) is 2.67. The molecule has 0 aromatic heterocycles. The summed E-state index contributed by atoms with van der Waals surface area (Å²) in [4.78, 5) is 13.9. The Balaban J connectivity index is 1.87. The highest BCUT2D eigenvalue weighted by Gasteiger charge is 2.40. The van der Waals surface area contributed by atoms with Gasteiger partial charge in [-0.1, -0.05) is 0 Å². The van der Waals surface area contributed by atoms with Gasteiger partial charge >= 0.3 is 6.09 Å². The van der Waals surface area contributed by atoms with Crippen LogP contribution in [0.2, 0.25) is 0 Å². The lowest BCUT2D eigenvalue weighted by molar-refractivity contribution is -0.0212. The standard InChI is InChI=1S/C13H24N2O2/c1-13(2,3)17-12(16)15-9-6-11(15)10-4-7-14-8-5-10/h10-11,14H,4-9H2,1-3H3. The topological polar surface area (TPSA) is 41.6 Å². The van der Waals surface area contributed by atoms with Crippen molar-refractivity contribution in [3.05, 3.63) is 0 Å². The van der Waals surface area contributed by atoms with Crippen molar-refractivity contribution in [2.75, 3.05) is 19.6 Å². The van der Waals surface area contributed by atoms with E-state index in [0.717, 1.165) is 26.1 Å². The Morgan fingerprint density at radius 2 is 1.88 bits per heavy atom. The Kier molecular flexibility index (Phi) is 3.61. The molecule has 4 nitrogen and oxygen atoms in total. The molecule has 0 aromatic carbocycles. The van der Waals surface area contributed by atoms with Crippen LogP contribution in [0.5, 0.6) is 0 Å². The van der Waals surface area contributed by atoms with Crippen LogP contribution in [0.15, 0.2) is 0 Å². The largest absolute Gasteiger partial charge is 0.444 e. The highest BCUT2D eigenvalue weighted by molar-refractivity contribution is 5.69. The molecule has 0 saturated carbocycles. The molecule has 1 unspecified atom stereocenters. The fraction of sp³-hybridized carbons (Fsp3) is 0.923. The molecule has 2 aliphatic heterocycles. The zero-order valence-electron chi connectivity index (χ0n) is 11.2. The maximum atomic E-state index is 12.0. The van der Waals surface area contributed by atoms with Crippen LogP contribution in [0, 0.1) is 5.92 Å². The van der Waals surface area contributed by atoms with E-state index in [1.54, 1.807) is 0 Å². The Morgan fingerprint density at radius 1 is 1.24 bits per heavy atom. The number of nitrogens with zero attached hydrogens (tertiary/aromatic N) is 1. The first kappa shape index (κ1) is 12.7. The monoisotopic (exact) mass is 240 g/mol. The molecule has 2 aliphatic rings. The van der Waals surface area contributed by atoms with E-state index < -0.39 is 0 Å².